The maximum Gasteiger partial charge on any atom is 0.266 e. The Morgan fingerprint density at radius 1 is 1.29 bits per heavy atom. The van der Waals surface area contributed by atoms with Gasteiger partial charge in [0.05, 0.1) is 10.6 Å². The number of carbonyl (C=O) groups is 2. The summed E-state index contributed by atoms with van der Waals surface area (Å²) in [6.45, 7) is -0.103. The Balaban J connectivity index is 1.69. The number of hydrogen-bond acceptors (Lipinski definition) is 5. The maximum absolute atomic E-state index is 12.5. The monoisotopic (exact) mass is 438 g/mol. The van der Waals surface area contributed by atoms with Gasteiger partial charge >= 0.3 is 0 Å². The van der Waals surface area contributed by atoms with E-state index in [0.717, 1.165) is 9.35 Å². The van der Waals surface area contributed by atoms with Gasteiger partial charge in [0.1, 0.15) is 10.9 Å². The van der Waals surface area contributed by atoms with E-state index in [1.807, 2.05) is 35.7 Å². The summed E-state index contributed by atoms with van der Waals surface area (Å²) < 4.78 is 1.17. The molecule has 24 heavy (non-hydrogen) atoms. The standard InChI is InChI=1S/C16H11BrN2O2S3/c17-11-5-1-2-6-12(11)18-14(20)9-19-15(21)13(24-16(19)22)8-10-4-3-7-23-10/h1-8H,9H2,(H,18,20)/b13-8-. The number of hydrogen-bond donors (Lipinski definition) is 1. The Kier molecular flexibility index (Phi) is 5.50. The first kappa shape index (κ1) is 17.3. The van der Waals surface area contributed by atoms with Gasteiger partial charge in [0, 0.05) is 9.35 Å². The van der Waals surface area contributed by atoms with E-state index in [1.54, 1.807) is 23.5 Å². The number of para-hydroxylation sites is 1. The molecule has 0 aliphatic carbocycles. The summed E-state index contributed by atoms with van der Waals surface area (Å²) in [4.78, 5) is 27.5. The third-order valence-corrected chi connectivity index (χ3v) is 6.03. The molecule has 0 unspecified atom stereocenters. The fraction of sp³-hybridized carbons (Fsp3) is 0.0625. The van der Waals surface area contributed by atoms with Gasteiger partial charge in [-0.25, -0.2) is 0 Å². The number of thioether (sulfide) groups is 1. The van der Waals surface area contributed by atoms with Crippen LogP contribution in [0.2, 0.25) is 0 Å². The van der Waals surface area contributed by atoms with Crippen LogP contribution in [0.1, 0.15) is 4.88 Å². The van der Waals surface area contributed by atoms with Crippen LogP contribution in [0, 0.1) is 0 Å². The van der Waals surface area contributed by atoms with Crippen molar-refractivity contribution in [1.29, 1.82) is 0 Å². The SMILES string of the molecule is O=C(CN1C(=O)/C(=C/c2cccs2)SC1=S)Nc1ccccc1Br. The van der Waals surface area contributed by atoms with Crippen LogP contribution < -0.4 is 5.32 Å². The van der Waals surface area contributed by atoms with Crippen molar-refractivity contribution in [2.75, 3.05) is 11.9 Å². The summed E-state index contributed by atoms with van der Waals surface area (Å²) in [6, 6.07) is 11.1. The summed E-state index contributed by atoms with van der Waals surface area (Å²) >= 11 is 11.4. The number of benzene rings is 1. The van der Waals surface area contributed by atoms with Gasteiger partial charge in [-0.2, -0.15) is 0 Å². The minimum Gasteiger partial charge on any atom is -0.324 e. The molecule has 1 aliphatic heterocycles. The van der Waals surface area contributed by atoms with Gasteiger partial charge < -0.3 is 5.32 Å². The molecule has 1 fully saturated rings. The highest BCUT2D eigenvalue weighted by atomic mass is 79.9. The largest absolute Gasteiger partial charge is 0.324 e. The molecule has 1 aromatic carbocycles. The second-order valence-corrected chi connectivity index (χ2v) is 8.32. The molecule has 0 saturated carbocycles. The molecule has 1 aromatic heterocycles. The van der Waals surface area contributed by atoms with Gasteiger partial charge in [-0.1, -0.05) is 42.2 Å². The lowest BCUT2D eigenvalue weighted by Crippen LogP contribution is -2.36. The van der Waals surface area contributed by atoms with E-state index >= 15 is 0 Å². The molecule has 122 valence electrons. The van der Waals surface area contributed by atoms with Gasteiger partial charge in [0.25, 0.3) is 5.91 Å². The molecule has 1 aliphatic rings. The van der Waals surface area contributed by atoms with Gasteiger partial charge in [-0.3, -0.25) is 14.5 Å². The van der Waals surface area contributed by atoms with Crippen LogP contribution in [0.3, 0.4) is 0 Å². The summed E-state index contributed by atoms with van der Waals surface area (Å²) in [5.41, 5.74) is 0.655. The van der Waals surface area contributed by atoms with Crippen LogP contribution in [0.4, 0.5) is 5.69 Å². The number of rotatable bonds is 4. The fourth-order valence-corrected chi connectivity index (χ4v) is 4.40. The number of anilines is 1. The van der Waals surface area contributed by atoms with E-state index in [-0.39, 0.29) is 18.4 Å². The van der Waals surface area contributed by atoms with Crippen LogP contribution in [-0.4, -0.2) is 27.6 Å². The predicted octanol–water partition coefficient (Wildman–Crippen LogP) is 4.35. The summed E-state index contributed by atoms with van der Waals surface area (Å²) in [7, 11) is 0. The molecule has 1 saturated heterocycles. The van der Waals surface area contributed by atoms with Crippen molar-refractivity contribution < 1.29 is 9.59 Å². The Hall–Kier alpha value is -1.48. The van der Waals surface area contributed by atoms with Crippen LogP contribution in [0.5, 0.6) is 0 Å². The Bertz CT molecular complexity index is 834. The number of nitrogens with zero attached hydrogens (tertiary/aromatic N) is 1. The van der Waals surface area contributed by atoms with Crippen molar-refractivity contribution in [2.45, 2.75) is 0 Å². The Labute approximate surface area is 161 Å². The lowest BCUT2D eigenvalue weighted by molar-refractivity contribution is -0.126. The zero-order valence-corrected chi connectivity index (χ0v) is 16.2. The van der Waals surface area contributed by atoms with Gasteiger partial charge in [0.15, 0.2) is 0 Å². The molecule has 0 spiro atoms. The number of nitrogens with one attached hydrogen (secondary N) is 1. The number of thiophene rings is 1. The molecule has 0 atom stereocenters. The summed E-state index contributed by atoms with van der Waals surface area (Å²) in [5, 5.41) is 4.71. The molecule has 2 aromatic rings. The molecule has 2 heterocycles. The Morgan fingerprint density at radius 3 is 2.79 bits per heavy atom. The molecule has 8 heteroatoms. The molecule has 3 rings (SSSR count). The predicted molar refractivity (Wildman–Crippen MR) is 107 cm³/mol. The fourth-order valence-electron chi connectivity index (χ4n) is 2.03. The van der Waals surface area contributed by atoms with Crippen molar-refractivity contribution >= 4 is 79.1 Å². The van der Waals surface area contributed by atoms with Crippen molar-refractivity contribution in [1.82, 2.24) is 4.90 Å². The third kappa shape index (κ3) is 3.94. The van der Waals surface area contributed by atoms with Crippen molar-refractivity contribution in [3.8, 4) is 0 Å². The smallest absolute Gasteiger partial charge is 0.266 e. The van der Waals surface area contributed by atoms with E-state index in [9.17, 15) is 9.59 Å². The minimum atomic E-state index is -0.296. The van der Waals surface area contributed by atoms with Crippen molar-refractivity contribution in [2.24, 2.45) is 0 Å². The molecular weight excluding hydrogens is 428 g/mol. The lowest BCUT2D eigenvalue weighted by atomic mass is 10.3. The highest BCUT2D eigenvalue weighted by molar-refractivity contribution is 9.10. The zero-order valence-electron chi connectivity index (χ0n) is 12.2. The van der Waals surface area contributed by atoms with E-state index in [4.69, 9.17) is 12.2 Å². The average Bonchev–Trinajstić information content (AvgIpc) is 3.14. The van der Waals surface area contributed by atoms with Gasteiger partial charge in [-0.15, -0.1) is 11.3 Å². The lowest BCUT2D eigenvalue weighted by Gasteiger charge is -2.14. The molecule has 0 radical (unpaired) electrons. The van der Waals surface area contributed by atoms with Crippen molar-refractivity contribution in [3.63, 3.8) is 0 Å². The van der Waals surface area contributed by atoms with Crippen molar-refractivity contribution in [3.05, 3.63) is 56.0 Å². The summed E-state index contributed by atoms with van der Waals surface area (Å²) in [6.07, 6.45) is 1.80. The van der Waals surface area contributed by atoms with E-state index < -0.39 is 0 Å². The quantitative estimate of drug-likeness (QED) is 0.569. The number of halogens is 1. The van der Waals surface area contributed by atoms with E-state index in [2.05, 4.69) is 21.2 Å². The molecule has 0 bridgehead atoms. The van der Waals surface area contributed by atoms with E-state index in [1.165, 1.54) is 16.7 Å². The zero-order chi connectivity index (χ0) is 17.1. The minimum absolute atomic E-state index is 0.103. The summed E-state index contributed by atoms with van der Waals surface area (Å²) in [5.74, 6) is -0.531. The first-order chi connectivity index (χ1) is 11.5. The van der Waals surface area contributed by atoms with Gasteiger partial charge in [-0.05, 0) is 45.6 Å². The third-order valence-electron chi connectivity index (χ3n) is 3.14. The topological polar surface area (TPSA) is 49.4 Å². The molecule has 4 nitrogen and oxygen atoms in total. The molecular formula is C16H11BrN2O2S3. The van der Waals surface area contributed by atoms with Crippen LogP contribution in [0.25, 0.3) is 6.08 Å². The number of carbonyl (C=O) groups excluding carboxylic acids is 2. The van der Waals surface area contributed by atoms with Crippen LogP contribution in [-0.2, 0) is 9.59 Å². The highest BCUT2D eigenvalue weighted by Gasteiger charge is 2.33. The maximum atomic E-state index is 12.5. The highest BCUT2D eigenvalue weighted by Crippen LogP contribution is 2.33. The van der Waals surface area contributed by atoms with Crippen LogP contribution in [0.15, 0.2) is 51.2 Å². The first-order valence-electron chi connectivity index (χ1n) is 6.88. The molecule has 1 N–H and O–H groups in total. The average molecular weight is 439 g/mol. The van der Waals surface area contributed by atoms with E-state index in [0.29, 0.717) is 14.9 Å². The Morgan fingerprint density at radius 2 is 2.08 bits per heavy atom. The normalized spacial score (nSPS) is 16.0. The second kappa shape index (κ2) is 7.60. The number of amides is 2. The molecule has 2 amide bonds. The van der Waals surface area contributed by atoms with Gasteiger partial charge in [0.2, 0.25) is 5.91 Å². The second-order valence-electron chi connectivity index (χ2n) is 4.81. The van der Waals surface area contributed by atoms with Crippen LogP contribution >= 0.6 is 51.2 Å². The first-order valence-corrected chi connectivity index (χ1v) is 9.77. The number of thiocarbonyl (C=S) groups is 1.